The fourth-order valence-corrected chi connectivity index (χ4v) is 8.63. The Morgan fingerprint density at radius 1 is 0.463 bits per heavy atom. The summed E-state index contributed by atoms with van der Waals surface area (Å²) in [5, 5.41) is 24.1. The molecule has 6 heteroatoms. The molecule has 0 saturated carbocycles. The van der Waals surface area contributed by atoms with Gasteiger partial charge in [0.2, 0.25) is 0 Å². The van der Waals surface area contributed by atoms with Gasteiger partial charge in [0.25, 0.3) is 0 Å². The van der Waals surface area contributed by atoms with Gasteiger partial charge in [-0.05, 0) is 72.3 Å². The summed E-state index contributed by atoms with van der Waals surface area (Å²) >= 11 is 1.75. The molecule has 10 aromatic rings. The Morgan fingerprint density at radius 3 is 1.81 bits per heavy atom. The fraction of sp³-hybridized carbons (Fsp3) is 0. The highest BCUT2D eigenvalue weighted by Gasteiger charge is 2.18. The quantitative estimate of drug-likeness (QED) is 0.179. The van der Waals surface area contributed by atoms with Crippen LogP contribution >= 0.6 is 11.3 Å². The molecule has 54 heavy (non-hydrogen) atoms. The summed E-state index contributed by atoms with van der Waals surface area (Å²) in [4.78, 5) is 10.2. The van der Waals surface area contributed by atoms with Crippen molar-refractivity contribution in [2.24, 2.45) is 0 Å². The lowest BCUT2D eigenvalue weighted by Gasteiger charge is -2.11. The maximum absolute atomic E-state index is 9.94. The maximum atomic E-state index is 9.94. The number of rotatable bonds is 5. The lowest BCUT2D eigenvalue weighted by Crippen LogP contribution is -1.96. The number of para-hydroxylation sites is 1. The molecular weight excluding hydrogens is 679 g/mol. The summed E-state index contributed by atoms with van der Waals surface area (Å²) in [6.45, 7) is 0. The van der Waals surface area contributed by atoms with Crippen molar-refractivity contribution in [3.05, 3.63) is 175 Å². The van der Waals surface area contributed by atoms with Crippen molar-refractivity contribution < 1.29 is 0 Å². The van der Waals surface area contributed by atoms with Gasteiger partial charge in [-0.15, -0.1) is 11.3 Å². The number of nitrogens with zero attached hydrogens (tertiary/aromatic N) is 5. The number of hydrogen-bond donors (Lipinski definition) is 0. The fourth-order valence-electron chi connectivity index (χ4n) is 7.56. The predicted octanol–water partition coefficient (Wildman–Crippen LogP) is 12.4. The van der Waals surface area contributed by atoms with E-state index in [-0.39, 0.29) is 0 Å². The Balaban J connectivity index is 1.14. The zero-order valence-corrected chi connectivity index (χ0v) is 29.5. The van der Waals surface area contributed by atoms with Crippen molar-refractivity contribution in [2.45, 2.75) is 0 Å². The first-order valence-electron chi connectivity index (χ1n) is 17.6. The van der Waals surface area contributed by atoms with Crippen LogP contribution in [0.15, 0.2) is 164 Å². The second kappa shape index (κ2) is 12.7. The molecule has 0 aliphatic carbocycles. The predicted molar refractivity (Wildman–Crippen MR) is 220 cm³/mol. The van der Waals surface area contributed by atoms with E-state index in [4.69, 9.17) is 9.97 Å². The third-order valence-electron chi connectivity index (χ3n) is 10.1. The Morgan fingerprint density at radius 2 is 1.09 bits per heavy atom. The van der Waals surface area contributed by atoms with Crippen molar-refractivity contribution >= 4 is 53.3 Å². The molecule has 0 bridgehead atoms. The molecule has 7 aromatic carbocycles. The minimum Gasteiger partial charge on any atom is -0.309 e. The molecule has 0 aliphatic heterocycles. The van der Waals surface area contributed by atoms with Crippen LogP contribution < -0.4 is 0 Å². The molecule has 3 heterocycles. The summed E-state index contributed by atoms with van der Waals surface area (Å²) < 4.78 is 4.69. The molecule has 0 spiro atoms. The van der Waals surface area contributed by atoms with Crippen LogP contribution in [0.4, 0.5) is 0 Å². The standard InChI is InChI=1S/C48H27N5S/c49-28-34-14-9-16-36(41(34)29-50)32-19-22-46-39(24-32)40-26-35(20-23-47(40)54-46)53-44-17-8-7-15-37(44)38-25-33(18-21-45(38)53)48-51-42(30-10-3-1-4-11-30)27-43(52-48)31-12-5-2-6-13-31/h1-27H. The molecule has 0 radical (unpaired) electrons. The van der Waals surface area contributed by atoms with Crippen LogP contribution in [0.2, 0.25) is 0 Å². The monoisotopic (exact) mass is 705 g/mol. The Bertz CT molecular complexity index is 3120. The molecular formula is C48H27N5S. The molecule has 0 unspecified atom stereocenters. The third kappa shape index (κ3) is 5.13. The van der Waals surface area contributed by atoms with E-state index in [1.807, 2.05) is 54.6 Å². The van der Waals surface area contributed by atoms with Crippen molar-refractivity contribution in [3.8, 4) is 62.9 Å². The van der Waals surface area contributed by atoms with E-state index in [0.29, 0.717) is 17.0 Å². The zero-order valence-electron chi connectivity index (χ0n) is 28.7. The highest BCUT2D eigenvalue weighted by atomic mass is 32.1. The summed E-state index contributed by atoms with van der Waals surface area (Å²) in [6.07, 6.45) is 0. The van der Waals surface area contributed by atoms with Gasteiger partial charge in [-0.1, -0.05) is 97.1 Å². The van der Waals surface area contributed by atoms with Crippen LogP contribution in [0.25, 0.3) is 92.7 Å². The Labute approximate surface area is 314 Å². The highest BCUT2D eigenvalue weighted by Crippen LogP contribution is 2.41. The number of aromatic nitrogens is 3. The molecule has 0 fully saturated rings. The number of hydrogen-bond acceptors (Lipinski definition) is 5. The van der Waals surface area contributed by atoms with E-state index in [2.05, 4.69) is 120 Å². The summed E-state index contributed by atoms with van der Waals surface area (Å²) in [5.74, 6) is 0.677. The molecule has 0 atom stereocenters. The van der Waals surface area contributed by atoms with Crippen LogP contribution in [0.3, 0.4) is 0 Å². The van der Waals surface area contributed by atoms with E-state index >= 15 is 0 Å². The van der Waals surface area contributed by atoms with E-state index in [0.717, 1.165) is 77.5 Å². The molecule has 5 nitrogen and oxygen atoms in total. The number of thiophene rings is 1. The SMILES string of the molecule is N#Cc1cccc(-c2ccc3sc4ccc(-n5c6ccccc6c6cc(-c7nc(-c8ccccc8)cc(-c8ccccc8)n7)ccc65)cc4c3c2)c1C#N. The highest BCUT2D eigenvalue weighted by molar-refractivity contribution is 7.25. The molecule has 0 amide bonds. The largest absolute Gasteiger partial charge is 0.309 e. The second-order valence-corrected chi connectivity index (χ2v) is 14.3. The number of fused-ring (bicyclic) bond motifs is 6. The zero-order chi connectivity index (χ0) is 36.2. The molecule has 0 aliphatic rings. The lowest BCUT2D eigenvalue weighted by atomic mass is 9.95. The number of benzene rings is 7. The van der Waals surface area contributed by atoms with Gasteiger partial charge in [-0.3, -0.25) is 0 Å². The van der Waals surface area contributed by atoms with Crippen molar-refractivity contribution in [1.29, 1.82) is 10.5 Å². The van der Waals surface area contributed by atoms with Gasteiger partial charge in [0, 0.05) is 58.9 Å². The first-order valence-corrected chi connectivity index (χ1v) is 18.4. The summed E-state index contributed by atoms with van der Waals surface area (Å²) in [7, 11) is 0. The Kier molecular flexibility index (Phi) is 7.37. The van der Waals surface area contributed by atoms with E-state index in [9.17, 15) is 10.5 Å². The molecule has 10 rings (SSSR count). The van der Waals surface area contributed by atoms with Crippen molar-refractivity contribution in [1.82, 2.24) is 14.5 Å². The normalized spacial score (nSPS) is 11.3. The van der Waals surface area contributed by atoms with Gasteiger partial charge in [-0.2, -0.15) is 10.5 Å². The van der Waals surface area contributed by atoms with Crippen LogP contribution in [-0.2, 0) is 0 Å². The molecule has 3 aromatic heterocycles. The smallest absolute Gasteiger partial charge is 0.160 e. The molecule has 250 valence electrons. The Hall–Kier alpha value is -7.38. The third-order valence-corrected chi connectivity index (χ3v) is 11.3. The van der Waals surface area contributed by atoms with Gasteiger partial charge in [0.1, 0.15) is 12.1 Å². The minimum atomic E-state index is 0.383. The second-order valence-electron chi connectivity index (χ2n) is 13.2. The van der Waals surface area contributed by atoms with Crippen LogP contribution in [0.5, 0.6) is 0 Å². The van der Waals surface area contributed by atoms with Crippen molar-refractivity contribution in [3.63, 3.8) is 0 Å². The summed E-state index contributed by atoms with van der Waals surface area (Å²) in [5.41, 5.74) is 10.5. The molecule has 0 N–H and O–H groups in total. The minimum absolute atomic E-state index is 0.383. The van der Waals surface area contributed by atoms with Gasteiger partial charge in [0.05, 0.1) is 33.5 Å². The van der Waals surface area contributed by atoms with Crippen LogP contribution in [-0.4, -0.2) is 14.5 Å². The van der Waals surface area contributed by atoms with E-state index < -0.39 is 0 Å². The van der Waals surface area contributed by atoms with Gasteiger partial charge < -0.3 is 4.57 Å². The maximum Gasteiger partial charge on any atom is 0.160 e. The first-order chi connectivity index (χ1) is 26.7. The van der Waals surface area contributed by atoms with Gasteiger partial charge >= 0.3 is 0 Å². The topological polar surface area (TPSA) is 78.3 Å². The summed E-state index contributed by atoms with van der Waals surface area (Å²) in [6, 6.07) is 60.5. The van der Waals surface area contributed by atoms with Crippen LogP contribution in [0, 0.1) is 22.7 Å². The van der Waals surface area contributed by atoms with Crippen LogP contribution in [0.1, 0.15) is 11.1 Å². The van der Waals surface area contributed by atoms with Gasteiger partial charge in [0.15, 0.2) is 5.82 Å². The average Bonchev–Trinajstić information content (AvgIpc) is 3.78. The van der Waals surface area contributed by atoms with Gasteiger partial charge in [-0.25, -0.2) is 9.97 Å². The molecule has 0 saturated heterocycles. The number of nitriles is 2. The van der Waals surface area contributed by atoms with Crippen molar-refractivity contribution in [2.75, 3.05) is 0 Å². The van der Waals surface area contributed by atoms with E-state index in [1.54, 1.807) is 17.4 Å². The average molecular weight is 706 g/mol. The first kappa shape index (κ1) is 31.4. The lowest BCUT2D eigenvalue weighted by molar-refractivity contribution is 1.18. The van der Waals surface area contributed by atoms with E-state index in [1.165, 1.54) is 9.40 Å².